The Labute approximate surface area is 104 Å². The van der Waals surface area contributed by atoms with Crippen molar-refractivity contribution in [3.8, 4) is 11.1 Å². The maximum Gasteiger partial charge on any atom is 0.260 e. The van der Waals surface area contributed by atoms with E-state index >= 15 is 0 Å². The lowest BCUT2D eigenvalue weighted by Crippen LogP contribution is -1.91. The minimum atomic E-state index is 0.385. The summed E-state index contributed by atoms with van der Waals surface area (Å²) in [6, 6.07) is 10.2. The fourth-order valence-corrected chi connectivity index (χ4v) is 2.18. The molecule has 0 amide bonds. The summed E-state index contributed by atoms with van der Waals surface area (Å²) in [4.78, 5) is 4.30. The zero-order valence-electron chi connectivity index (χ0n) is 10.3. The fourth-order valence-electron chi connectivity index (χ4n) is 2.18. The summed E-state index contributed by atoms with van der Waals surface area (Å²) < 4.78 is 5.15. The molecule has 18 heavy (non-hydrogen) atoms. The van der Waals surface area contributed by atoms with E-state index in [9.17, 15) is 0 Å². The summed E-state index contributed by atoms with van der Waals surface area (Å²) in [7, 11) is 0. The molecule has 2 heterocycles. The van der Waals surface area contributed by atoms with Crippen molar-refractivity contribution in [2.75, 3.05) is 5.73 Å². The Kier molecular flexibility index (Phi) is 2.30. The standard InChI is InChI=1S/C14H13N3O/c1-8-5-3-4-6-10(8)11-7-9(2)16-14-12(11)13(15)17-18-14/h3-7H,1-2H3,(H2,15,17). The van der Waals surface area contributed by atoms with Crippen molar-refractivity contribution in [1.82, 2.24) is 10.1 Å². The Hall–Kier alpha value is -2.36. The predicted molar refractivity (Wildman–Crippen MR) is 71.1 cm³/mol. The smallest absolute Gasteiger partial charge is 0.260 e. The molecule has 3 aromatic rings. The number of rotatable bonds is 1. The number of nitrogens with zero attached hydrogens (tertiary/aromatic N) is 2. The van der Waals surface area contributed by atoms with Crippen LogP contribution in [0.15, 0.2) is 34.9 Å². The molecule has 4 heteroatoms. The van der Waals surface area contributed by atoms with E-state index in [0.717, 1.165) is 22.2 Å². The van der Waals surface area contributed by atoms with Gasteiger partial charge < -0.3 is 10.3 Å². The van der Waals surface area contributed by atoms with Crippen LogP contribution in [0.2, 0.25) is 0 Å². The number of benzene rings is 1. The van der Waals surface area contributed by atoms with Crippen LogP contribution >= 0.6 is 0 Å². The van der Waals surface area contributed by atoms with Crippen molar-refractivity contribution >= 4 is 16.9 Å². The number of fused-ring (bicyclic) bond motifs is 1. The van der Waals surface area contributed by atoms with Gasteiger partial charge in [-0.15, -0.1) is 0 Å². The quantitative estimate of drug-likeness (QED) is 0.708. The molecule has 0 spiro atoms. The fraction of sp³-hybridized carbons (Fsp3) is 0.143. The minimum Gasteiger partial charge on any atom is -0.380 e. The number of pyridine rings is 1. The highest BCUT2D eigenvalue weighted by Gasteiger charge is 2.15. The number of aromatic nitrogens is 2. The van der Waals surface area contributed by atoms with E-state index in [1.54, 1.807) is 0 Å². The molecule has 0 saturated carbocycles. The third kappa shape index (κ3) is 1.54. The lowest BCUT2D eigenvalue weighted by molar-refractivity contribution is 0.452. The first-order chi connectivity index (χ1) is 8.66. The van der Waals surface area contributed by atoms with E-state index in [1.165, 1.54) is 5.56 Å². The van der Waals surface area contributed by atoms with Crippen LogP contribution in [0.5, 0.6) is 0 Å². The van der Waals surface area contributed by atoms with Crippen LogP contribution in [-0.4, -0.2) is 10.1 Å². The van der Waals surface area contributed by atoms with Crippen molar-refractivity contribution in [2.24, 2.45) is 0 Å². The molecule has 0 aliphatic heterocycles. The van der Waals surface area contributed by atoms with Gasteiger partial charge in [0.15, 0.2) is 5.82 Å². The van der Waals surface area contributed by atoms with Crippen LogP contribution in [0.4, 0.5) is 5.82 Å². The molecule has 0 aliphatic rings. The molecule has 0 aliphatic carbocycles. The van der Waals surface area contributed by atoms with E-state index in [0.29, 0.717) is 11.5 Å². The number of aryl methyl sites for hydroxylation is 2. The highest BCUT2D eigenvalue weighted by atomic mass is 16.5. The average molecular weight is 239 g/mol. The zero-order valence-corrected chi connectivity index (χ0v) is 10.3. The Morgan fingerprint density at radius 3 is 2.67 bits per heavy atom. The molecule has 90 valence electrons. The number of hydrogen-bond donors (Lipinski definition) is 1. The van der Waals surface area contributed by atoms with Crippen LogP contribution < -0.4 is 5.73 Å². The second kappa shape index (κ2) is 3.84. The molecule has 2 aromatic heterocycles. The van der Waals surface area contributed by atoms with E-state index in [-0.39, 0.29) is 0 Å². The maximum absolute atomic E-state index is 5.87. The number of nitrogen functional groups attached to an aromatic ring is 1. The molecule has 0 unspecified atom stereocenters. The molecule has 2 N–H and O–H groups in total. The molecular formula is C14H13N3O. The highest BCUT2D eigenvalue weighted by molar-refractivity contribution is 5.99. The number of anilines is 1. The monoisotopic (exact) mass is 239 g/mol. The minimum absolute atomic E-state index is 0.385. The normalized spacial score (nSPS) is 11.0. The van der Waals surface area contributed by atoms with Crippen LogP contribution in [-0.2, 0) is 0 Å². The van der Waals surface area contributed by atoms with Gasteiger partial charge in [0.2, 0.25) is 0 Å². The number of nitrogens with two attached hydrogens (primary N) is 1. The van der Waals surface area contributed by atoms with E-state index in [2.05, 4.69) is 29.2 Å². The van der Waals surface area contributed by atoms with Gasteiger partial charge in [0.1, 0.15) is 0 Å². The van der Waals surface area contributed by atoms with Crippen LogP contribution in [0.1, 0.15) is 11.3 Å². The summed E-state index contributed by atoms with van der Waals surface area (Å²) >= 11 is 0. The molecule has 3 rings (SSSR count). The number of hydrogen-bond acceptors (Lipinski definition) is 4. The third-order valence-electron chi connectivity index (χ3n) is 3.04. The molecule has 0 fully saturated rings. The maximum atomic E-state index is 5.87. The van der Waals surface area contributed by atoms with Gasteiger partial charge in [-0.1, -0.05) is 29.4 Å². The Balaban J connectivity index is 2.41. The van der Waals surface area contributed by atoms with Gasteiger partial charge in [-0.3, -0.25) is 0 Å². The largest absolute Gasteiger partial charge is 0.380 e. The van der Waals surface area contributed by atoms with Crippen LogP contribution in [0.25, 0.3) is 22.2 Å². The lowest BCUT2D eigenvalue weighted by Gasteiger charge is -2.07. The van der Waals surface area contributed by atoms with Crippen molar-refractivity contribution in [3.05, 3.63) is 41.6 Å². The summed E-state index contributed by atoms with van der Waals surface area (Å²) in [5.41, 5.74) is 10.6. The van der Waals surface area contributed by atoms with Gasteiger partial charge in [0, 0.05) is 11.3 Å². The van der Waals surface area contributed by atoms with E-state index < -0.39 is 0 Å². The first kappa shape index (κ1) is 10.8. The molecule has 0 atom stereocenters. The second-order valence-electron chi connectivity index (χ2n) is 4.37. The molecule has 1 aromatic carbocycles. The van der Waals surface area contributed by atoms with Gasteiger partial charge in [-0.05, 0) is 31.0 Å². The Bertz CT molecular complexity index is 731. The lowest BCUT2D eigenvalue weighted by atomic mass is 9.98. The second-order valence-corrected chi connectivity index (χ2v) is 4.37. The first-order valence-corrected chi connectivity index (χ1v) is 5.75. The zero-order chi connectivity index (χ0) is 12.7. The topological polar surface area (TPSA) is 64.9 Å². The van der Waals surface area contributed by atoms with E-state index in [4.69, 9.17) is 10.3 Å². The molecule has 0 radical (unpaired) electrons. The van der Waals surface area contributed by atoms with Crippen molar-refractivity contribution < 1.29 is 4.52 Å². The van der Waals surface area contributed by atoms with E-state index in [1.807, 2.05) is 25.1 Å². The van der Waals surface area contributed by atoms with Crippen LogP contribution in [0, 0.1) is 13.8 Å². The highest BCUT2D eigenvalue weighted by Crippen LogP contribution is 2.33. The van der Waals surface area contributed by atoms with Crippen molar-refractivity contribution in [1.29, 1.82) is 0 Å². The average Bonchev–Trinajstić information content (AvgIpc) is 2.71. The van der Waals surface area contributed by atoms with Crippen molar-refractivity contribution in [3.63, 3.8) is 0 Å². The molecule has 4 nitrogen and oxygen atoms in total. The summed E-state index contributed by atoms with van der Waals surface area (Å²) in [6.45, 7) is 4.00. The summed E-state index contributed by atoms with van der Waals surface area (Å²) in [5, 5.41) is 4.58. The Morgan fingerprint density at radius 2 is 1.89 bits per heavy atom. The third-order valence-corrected chi connectivity index (χ3v) is 3.04. The predicted octanol–water partition coefficient (Wildman–Crippen LogP) is 3.09. The summed E-state index contributed by atoms with van der Waals surface area (Å²) in [5.74, 6) is 0.385. The molecule has 0 saturated heterocycles. The van der Waals surface area contributed by atoms with Crippen molar-refractivity contribution in [2.45, 2.75) is 13.8 Å². The summed E-state index contributed by atoms with van der Waals surface area (Å²) in [6.07, 6.45) is 0. The van der Waals surface area contributed by atoms with Gasteiger partial charge in [-0.25, -0.2) is 4.98 Å². The van der Waals surface area contributed by atoms with Gasteiger partial charge in [-0.2, -0.15) is 0 Å². The first-order valence-electron chi connectivity index (χ1n) is 5.75. The molecular weight excluding hydrogens is 226 g/mol. The van der Waals surface area contributed by atoms with Gasteiger partial charge in [0.05, 0.1) is 5.39 Å². The SMILES string of the molecule is Cc1cc(-c2ccccc2C)c2c(N)noc2n1. The van der Waals surface area contributed by atoms with Crippen LogP contribution in [0.3, 0.4) is 0 Å². The van der Waals surface area contributed by atoms with Gasteiger partial charge in [0.25, 0.3) is 5.71 Å². The Morgan fingerprint density at radius 1 is 1.11 bits per heavy atom. The molecule has 0 bridgehead atoms. The van der Waals surface area contributed by atoms with Gasteiger partial charge >= 0.3 is 0 Å².